The highest BCUT2D eigenvalue weighted by Gasteiger charge is 2.11. The number of hydrogen-bond donors (Lipinski definition) is 2. The van der Waals surface area contributed by atoms with E-state index in [9.17, 15) is 0 Å². The van der Waals surface area contributed by atoms with Gasteiger partial charge in [-0.2, -0.15) is 0 Å². The van der Waals surface area contributed by atoms with Gasteiger partial charge in [0.05, 0.1) is 0 Å². The molecule has 0 amide bonds. The van der Waals surface area contributed by atoms with E-state index >= 15 is 0 Å². The summed E-state index contributed by atoms with van der Waals surface area (Å²) < 4.78 is 1.94. The lowest BCUT2D eigenvalue weighted by Gasteiger charge is -2.09. The van der Waals surface area contributed by atoms with Crippen LogP contribution >= 0.6 is 11.8 Å². The molecule has 0 unspecified atom stereocenters. The van der Waals surface area contributed by atoms with Gasteiger partial charge in [-0.05, 0) is 25.6 Å². The van der Waals surface area contributed by atoms with E-state index in [1.165, 1.54) is 11.8 Å². The van der Waals surface area contributed by atoms with Crippen LogP contribution in [0.4, 0.5) is 5.82 Å². The van der Waals surface area contributed by atoms with Crippen molar-refractivity contribution in [2.75, 3.05) is 5.43 Å². The molecule has 0 saturated heterocycles. The summed E-state index contributed by atoms with van der Waals surface area (Å²) in [6.45, 7) is 3.77. The molecule has 0 saturated carbocycles. The fourth-order valence-electron chi connectivity index (χ4n) is 1.38. The molecule has 0 fully saturated rings. The van der Waals surface area contributed by atoms with Crippen molar-refractivity contribution in [3.05, 3.63) is 23.8 Å². The zero-order chi connectivity index (χ0) is 12.4. The third-order valence-electron chi connectivity index (χ3n) is 2.31. The molecule has 0 bridgehead atoms. The van der Waals surface area contributed by atoms with Crippen LogP contribution in [-0.4, -0.2) is 19.5 Å². The minimum Gasteiger partial charge on any atom is -0.329 e. The van der Waals surface area contributed by atoms with Gasteiger partial charge in [-0.25, -0.2) is 20.8 Å². The fourth-order valence-corrected chi connectivity index (χ4v) is 2.30. The van der Waals surface area contributed by atoms with Crippen LogP contribution in [0, 0.1) is 13.8 Å². The molecule has 7 heteroatoms. The maximum absolute atomic E-state index is 5.42. The van der Waals surface area contributed by atoms with Crippen molar-refractivity contribution >= 4 is 17.6 Å². The number of hydrogen-bond acceptors (Lipinski definition) is 6. The molecule has 90 valence electrons. The molecule has 6 nitrogen and oxygen atoms in total. The van der Waals surface area contributed by atoms with Crippen LogP contribution in [-0.2, 0) is 7.05 Å². The number of imidazole rings is 1. The van der Waals surface area contributed by atoms with E-state index in [-0.39, 0.29) is 0 Å². The van der Waals surface area contributed by atoms with Gasteiger partial charge in [0.1, 0.15) is 16.7 Å². The molecule has 0 atom stereocenters. The molecular weight excluding hydrogens is 236 g/mol. The van der Waals surface area contributed by atoms with Gasteiger partial charge in [-0.15, -0.1) is 0 Å². The Hall–Kier alpha value is -1.60. The molecule has 0 aliphatic rings. The van der Waals surface area contributed by atoms with E-state index in [2.05, 4.69) is 20.4 Å². The van der Waals surface area contributed by atoms with Crippen molar-refractivity contribution in [3.8, 4) is 0 Å². The van der Waals surface area contributed by atoms with E-state index in [1.54, 1.807) is 6.20 Å². The average molecular weight is 250 g/mol. The summed E-state index contributed by atoms with van der Waals surface area (Å²) in [7, 11) is 1.95. The van der Waals surface area contributed by atoms with Gasteiger partial charge < -0.3 is 9.99 Å². The SMILES string of the molecule is Cc1nc(NN)c(C)c(Sc2nccn2C)n1. The monoisotopic (exact) mass is 250 g/mol. The molecule has 0 aliphatic carbocycles. The number of hydrazine groups is 1. The van der Waals surface area contributed by atoms with Gasteiger partial charge in [0, 0.05) is 25.0 Å². The quantitative estimate of drug-likeness (QED) is 0.485. The third-order valence-corrected chi connectivity index (χ3v) is 3.48. The minimum atomic E-state index is 0.647. The lowest BCUT2D eigenvalue weighted by molar-refractivity contribution is 0.787. The first kappa shape index (κ1) is 11.9. The summed E-state index contributed by atoms with van der Waals surface area (Å²) in [5.41, 5.74) is 3.50. The maximum atomic E-state index is 5.42. The predicted octanol–water partition coefficient (Wildman–Crippen LogP) is 1.26. The Balaban J connectivity index is 2.39. The molecule has 3 N–H and O–H groups in total. The molecule has 17 heavy (non-hydrogen) atoms. The van der Waals surface area contributed by atoms with E-state index in [0.717, 1.165) is 15.7 Å². The van der Waals surface area contributed by atoms with Crippen LogP contribution in [0.2, 0.25) is 0 Å². The van der Waals surface area contributed by atoms with Crippen molar-refractivity contribution < 1.29 is 0 Å². The summed E-state index contributed by atoms with van der Waals surface area (Å²) in [6.07, 6.45) is 3.65. The summed E-state index contributed by atoms with van der Waals surface area (Å²) in [5.74, 6) is 6.75. The Morgan fingerprint density at radius 1 is 1.35 bits per heavy atom. The van der Waals surface area contributed by atoms with Crippen molar-refractivity contribution in [2.24, 2.45) is 12.9 Å². The molecule has 0 spiro atoms. The number of aromatic nitrogens is 4. The van der Waals surface area contributed by atoms with E-state index in [0.29, 0.717) is 11.6 Å². The first-order valence-electron chi connectivity index (χ1n) is 5.09. The molecule has 2 aromatic heterocycles. The largest absolute Gasteiger partial charge is 0.329 e. The Kier molecular flexibility index (Phi) is 3.30. The zero-order valence-electron chi connectivity index (χ0n) is 9.93. The topological polar surface area (TPSA) is 81.6 Å². The fraction of sp³-hybridized carbons (Fsp3) is 0.300. The average Bonchev–Trinajstić information content (AvgIpc) is 2.69. The van der Waals surface area contributed by atoms with E-state index in [4.69, 9.17) is 5.84 Å². The first-order chi connectivity index (χ1) is 8.11. The Labute approximate surface area is 104 Å². The number of aryl methyl sites for hydroxylation is 2. The van der Waals surface area contributed by atoms with Gasteiger partial charge in [0.25, 0.3) is 0 Å². The summed E-state index contributed by atoms with van der Waals surface area (Å²) in [5, 5.41) is 1.74. The highest BCUT2D eigenvalue weighted by atomic mass is 32.2. The van der Waals surface area contributed by atoms with Gasteiger partial charge >= 0.3 is 0 Å². The van der Waals surface area contributed by atoms with Crippen LogP contribution < -0.4 is 11.3 Å². The highest BCUT2D eigenvalue weighted by molar-refractivity contribution is 7.99. The van der Waals surface area contributed by atoms with Gasteiger partial charge in [-0.3, -0.25) is 0 Å². The second kappa shape index (κ2) is 4.72. The normalized spacial score (nSPS) is 10.6. The number of nitrogen functional groups attached to an aromatic ring is 1. The van der Waals surface area contributed by atoms with Crippen molar-refractivity contribution in [1.29, 1.82) is 0 Å². The molecule has 2 rings (SSSR count). The lowest BCUT2D eigenvalue weighted by atomic mass is 10.3. The molecular formula is C10H14N6S. The lowest BCUT2D eigenvalue weighted by Crippen LogP contribution is -2.12. The molecule has 2 heterocycles. The molecule has 0 radical (unpaired) electrons. The zero-order valence-corrected chi connectivity index (χ0v) is 10.7. The summed E-state index contributed by atoms with van der Waals surface area (Å²) in [4.78, 5) is 12.9. The van der Waals surface area contributed by atoms with Crippen LogP contribution in [0.15, 0.2) is 22.6 Å². The Morgan fingerprint density at radius 2 is 2.12 bits per heavy atom. The number of nitrogens with one attached hydrogen (secondary N) is 1. The summed E-state index contributed by atoms with van der Waals surface area (Å²) in [6, 6.07) is 0. The Morgan fingerprint density at radius 3 is 2.71 bits per heavy atom. The third kappa shape index (κ3) is 2.40. The second-order valence-electron chi connectivity index (χ2n) is 3.62. The van der Waals surface area contributed by atoms with Crippen LogP contribution in [0.5, 0.6) is 0 Å². The number of anilines is 1. The second-order valence-corrected chi connectivity index (χ2v) is 4.57. The smallest absolute Gasteiger partial charge is 0.174 e. The molecule has 2 aromatic rings. The van der Waals surface area contributed by atoms with Crippen molar-refractivity contribution in [1.82, 2.24) is 19.5 Å². The summed E-state index contributed by atoms with van der Waals surface area (Å²) >= 11 is 1.50. The molecule has 0 aromatic carbocycles. The van der Waals surface area contributed by atoms with Crippen LogP contribution in [0.25, 0.3) is 0 Å². The molecule has 0 aliphatic heterocycles. The van der Waals surface area contributed by atoms with Crippen molar-refractivity contribution in [3.63, 3.8) is 0 Å². The van der Waals surface area contributed by atoms with E-state index < -0.39 is 0 Å². The van der Waals surface area contributed by atoms with Gasteiger partial charge in [-0.1, -0.05) is 0 Å². The first-order valence-corrected chi connectivity index (χ1v) is 5.90. The number of rotatable bonds is 3. The van der Waals surface area contributed by atoms with Crippen LogP contribution in [0.3, 0.4) is 0 Å². The highest BCUT2D eigenvalue weighted by Crippen LogP contribution is 2.29. The van der Waals surface area contributed by atoms with E-state index in [1.807, 2.05) is 31.7 Å². The minimum absolute atomic E-state index is 0.647. The maximum Gasteiger partial charge on any atom is 0.174 e. The number of nitrogens with zero attached hydrogens (tertiary/aromatic N) is 4. The Bertz CT molecular complexity index is 536. The van der Waals surface area contributed by atoms with Gasteiger partial charge in [0.15, 0.2) is 5.16 Å². The van der Waals surface area contributed by atoms with Crippen LogP contribution in [0.1, 0.15) is 11.4 Å². The number of nitrogens with two attached hydrogens (primary N) is 1. The van der Waals surface area contributed by atoms with Gasteiger partial charge in [0.2, 0.25) is 0 Å². The standard InChI is InChI=1S/C10H14N6S/c1-6-8(15-11)13-7(2)14-9(6)17-10-12-4-5-16(10)3/h4-5H,11H2,1-3H3,(H,13,14,15). The predicted molar refractivity (Wildman–Crippen MR) is 66.6 cm³/mol. The van der Waals surface area contributed by atoms with Crippen molar-refractivity contribution in [2.45, 2.75) is 24.0 Å².